The van der Waals surface area contributed by atoms with Crippen LogP contribution in [0.15, 0.2) is 57.9 Å². The van der Waals surface area contributed by atoms with E-state index in [2.05, 4.69) is 21.2 Å². The monoisotopic (exact) mass is 489 g/mol. The van der Waals surface area contributed by atoms with Crippen LogP contribution in [0.3, 0.4) is 0 Å². The van der Waals surface area contributed by atoms with Crippen molar-refractivity contribution in [2.75, 3.05) is 18.2 Å². The van der Waals surface area contributed by atoms with Gasteiger partial charge in [0.15, 0.2) is 0 Å². The minimum absolute atomic E-state index is 0.163. The molecule has 3 rings (SSSR count). The molecule has 1 aromatic heterocycles. The SMILES string of the molecule is COC(=O)c1c(NC(=O)CSc2ccc(C)cc2)sc(C)c1-c1ccc(Br)cc1. The maximum Gasteiger partial charge on any atom is 0.341 e. The van der Waals surface area contributed by atoms with Gasteiger partial charge >= 0.3 is 5.97 Å². The number of thiophene rings is 1. The van der Waals surface area contributed by atoms with Crippen LogP contribution in [-0.2, 0) is 9.53 Å². The van der Waals surface area contributed by atoms with Gasteiger partial charge in [0.1, 0.15) is 10.6 Å². The van der Waals surface area contributed by atoms with E-state index >= 15 is 0 Å². The van der Waals surface area contributed by atoms with E-state index in [1.807, 2.05) is 62.4 Å². The van der Waals surface area contributed by atoms with E-state index in [1.54, 1.807) is 0 Å². The summed E-state index contributed by atoms with van der Waals surface area (Å²) in [7, 11) is 1.35. The van der Waals surface area contributed by atoms with Crippen LogP contribution >= 0.6 is 39.0 Å². The number of thioether (sulfide) groups is 1. The van der Waals surface area contributed by atoms with E-state index in [-0.39, 0.29) is 11.7 Å². The third kappa shape index (κ3) is 5.29. The van der Waals surface area contributed by atoms with Gasteiger partial charge in [-0.3, -0.25) is 4.79 Å². The summed E-state index contributed by atoms with van der Waals surface area (Å²) in [6.45, 7) is 3.96. The molecule has 0 saturated heterocycles. The number of carbonyl (C=O) groups excluding carboxylic acids is 2. The second-order valence-corrected chi connectivity index (χ2v) is 9.57. The summed E-state index contributed by atoms with van der Waals surface area (Å²) in [4.78, 5) is 27.0. The van der Waals surface area contributed by atoms with Crippen LogP contribution in [0.1, 0.15) is 20.8 Å². The molecule has 1 amide bonds. The summed E-state index contributed by atoms with van der Waals surface area (Å²) >= 11 is 6.27. The molecule has 1 N–H and O–H groups in total. The van der Waals surface area contributed by atoms with Gasteiger partial charge in [0.05, 0.1) is 12.9 Å². The molecule has 0 bridgehead atoms. The smallest absolute Gasteiger partial charge is 0.341 e. The fraction of sp³-hybridized carbons (Fsp3) is 0.182. The van der Waals surface area contributed by atoms with E-state index in [1.165, 1.54) is 35.8 Å². The Kier molecular flexibility index (Phi) is 7.16. The average Bonchev–Trinajstić information content (AvgIpc) is 3.03. The second kappa shape index (κ2) is 9.61. The third-order valence-electron chi connectivity index (χ3n) is 4.25. The van der Waals surface area contributed by atoms with Crippen molar-refractivity contribution in [2.24, 2.45) is 0 Å². The second-order valence-electron chi connectivity index (χ2n) is 6.39. The van der Waals surface area contributed by atoms with Crippen LogP contribution < -0.4 is 5.32 Å². The summed E-state index contributed by atoms with van der Waals surface area (Å²) in [5.41, 5.74) is 3.26. The van der Waals surface area contributed by atoms with Crippen molar-refractivity contribution in [3.05, 3.63) is 69.0 Å². The highest BCUT2D eigenvalue weighted by Crippen LogP contribution is 2.40. The van der Waals surface area contributed by atoms with Crippen molar-refractivity contribution in [1.82, 2.24) is 0 Å². The highest BCUT2D eigenvalue weighted by atomic mass is 79.9. The van der Waals surface area contributed by atoms with E-state index in [0.29, 0.717) is 10.6 Å². The molecule has 1 heterocycles. The summed E-state index contributed by atoms with van der Waals surface area (Å²) in [5, 5.41) is 3.41. The minimum Gasteiger partial charge on any atom is -0.465 e. The van der Waals surface area contributed by atoms with Crippen molar-refractivity contribution in [1.29, 1.82) is 0 Å². The molecule has 150 valence electrons. The zero-order valence-corrected chi connectivity index (χ0v) is 19.5. The van der Waals surface area contributed by atoms with Gasteiger partial charge in [-0.15, -0.1) is 23.1 Å². The van der Waals surface area contributed by atoms with E-state index in [9.17, 15) is 9.59 Å². The Morgan fingerprint density at radius 1 is 1.07 bits per heavy atom. The molecule has 0 radical (unpaired) electrons. The van der Waals surface area contributed by atoms with Crippen molar-refractivity contribution in [2.45, 2.75) is 18.7 Å². The maximum atomic E-state index is 12.5. The molecule has 0 spiro atoms. The summed E-state index contributed by atoms with van der Waals surface area (Å²) in [6.07, 6.45) is 0. The first-order chi connectivity index (χ1) is 13.9. The van der Waals surface area contributed by atoms with Gasteiger partial charge in [0, 0.05) is 19.8 Å². The number of hydrogen-bond acceptors (Lipinski definition) is 5. The lowest BCUT2D eigenvalue weighted by Crippen LogP contribution is -2.16. The van der Waals surface area contributed by atoms with Crippen LogP contribution in [0.25, 0.3) is 11.1 Å². The van der Waals surface area contributed by atoms with E-state index < -0.39 is 5.97 Å². The average molecular weight is 490 g/mol. The number of halogens is 1. The van der Waals surface area contributed by atoms with Crippen LogP contribution in [-0.4, -0.2) is 24.7 Å². The van der Waals surface area contributed by atoms with Crippen molar-refractivity contribution in [3.63, 3.8) is 0 Å². The molecule has 29 heavy (non-hydrogen) atoms. The number of rotatable bonds is 6. The standard InChI is InChI=1S/C22H20BrNO3S2/c1-13-4-10-17(11-5-13)28-12-18(25)24-21-20(22(26)27-3)19(14(2)29-21)15-6-8-16(23)9-7-15/h4-11H,12H2,1-3H3,(H,24,25). The van der Waals surface area contributed by atoms with Crippen molar-refractivity contribution >= 4 is 55.9 Å². The number of carbonyl (C=O) groups is 2. The van der Waals surface area contributed by atoms with E-state index in [4.69, 9.17) is 4.74 Å². The number of amides is 1. The number of aryl methyl sites for hydroxylation is 2. The first kappa shape index (κ1) is 21.6. The summed E-state index contributed by atoms with van der Waals surface area (Å²) in [5.74, 6) is -0.369. The Morgan fingerprint density at radius 3 is 2.34 bits per heavy atom. The number of hydrogen-bond donors (Lipinski definition) is 1. The number of benzene rings is 2. The van der Waals surface area contributed by atoms with Gasteiger partial charge < -0.3 is 10.1 Å². The molecule has 0 fully saturated rings. The molecule has 4 nitrogen and oxygen atoms in total. The molecule has 0 unspecified atom stereocenters. The zero-order valence-electron chi connectivity index (χ0n) is 16.2. The molecule has 2 aromatic carbocycles. The van der Waals surface area contributed by atoms with E-state index in [0.717, 1.165) is 25.4 Å². The first-order valence-corrected chi connectivity index (χ1v) is 11.5. The Morgan fingerprint density at radius 2 is 1.72 bits per heavy atom. The molecule has 7 heteroatoms. The van der Waals surface area contributed by atoms with Crippen LogP contribution in [0.5, 0.6) is 0 Å². The maximum absolute atomic E-state index is 12.5. The van der Waals surface area contributed by atoms with Crippen molar-refractivity contribution < 1.29 is 14.3 Å². The minimum atomic E-state index is -0.464. The number of methoxy groups -OCH3 is 1. The molecule has 0 aliphatic carbocycles. The molecule has 0 aliphatic heterocycles. The summed E-state index contributed by atoms with van der Waals surface area (Å²) < 4.78 is 5.95. The third-order valence-corrected chi connectivity index (χ3v) is 6.81. The number of ether oxygens (including phenoxy) is 1. The number of anilines is 1. The highest BCUT2D eigenvalue weighted by Gasteiger charge is 2.25. The lowest BCUT2D eigenvalue weighted by molar-refractivity contribution is -0.113. The fourth-order valence-electron chi connectivity index (χ4n) is 2.84. The topological polar surface area (TPSA) is 55.4 Å². The van der Waals surface area contributed by atoms with Gasteiger partial charge in [0.25, 0.3) is 0 Å². The lowest BCUT2D eigenvalue weighted by Gasteiger charge is -2.08. The Bertz CT molecular complexity index is 1030. The Labute approximate surface area is 186 Å². The van der Waals surface area contributed by atoms with Gasteiger partial charge in [-0.05, 0) is 43.7 Å². The zero-order chi connectivity index (χ0) is 21.0. The molecule has 3 aromatic rings. The molecule has 0 saturated carbocycles. The molecular formula is C22H20BrNO3S2. The van der Waals surface area contributed by atoms with Crippen LogP contribution in [0.2, 0.25) is 0 Å². The lowest BCUT2D eigenvalue weighted by atomic mass is 10.0. The van der Waals surface area contributed by atoms with Gasteiger partial charge in [-0.1, -0.05) is 45.8 Å². The molecule has 0 aliphatic rings. The normalized spacial score (nSPS) is 10.6. The van der Waals surface area contributed by atoms with Crippen LogP contribution in [0.4, 0.5) is 5.00 Å². The largest absolute Gasteiger partial charge is 0.465 e. The van der Waals surface area contributed by atoms with Gasteiger partial charge in [-0.2, -0.15) is 0 Å². The molecule has 0 atom stereocenters. The molecular weight excluding hydrogens is 470 g/mol. The highest BCUT2D eigenvalue weighted by molar-refractivity contribution is 9.10. The Balaban J connectivity index is 1.83. The van der Waals surface area contributed by atoms with Gasteiger partial charge in [0.2, 0.25) is 5.91 Å². The fourth-order valence-corrected chi connectivity index (χ4v) is 4.88. The van der Waals surface area contributed by atoms with Crippen LogP contribution in [0, 0.1) is 13.8 Å². The predicted octanol–water partition coefficient (Wildman–Crippen LogP) is 6.31. The number of esters is 1. The van der Waals surface area contributed by atoms with Crippen molar-refractivity contribution in [3.8, 4) is 11.1 Å². The number of nitrogens with one attached hydrogen (secondary N) is 1. The van der Waals surface area contributed by atoms with Gasteiger partial charge in [-0.25, -0.2) is 4.79 Å². The predicted molar refractivity (Wildman–Crippen MR) is 124 cm³/mol. The summed E-state index contributed by atoms with van der Waals surface area (Å²) in [6, 6.07) is 15.7. The quantitative estimate of drug-likeness (QED) is 0.325. The Hall–Kier alpha value is -2.09. The first-order valence-electron chi connectivity index (χ1n) is 8.86.